The molecule has 0 spiro atoms. The van der Waals surface area contributed by atoms with E-state index in [1.165, 1.54) is 0 Å². The fourth-order valence-electron chi connectivity index (χ4n) is 2.58. The van der Waals surface area contributed by atoms with E-state index in [9.17, 15) is 13.2 Å². The maximum Gasteiger partial charge on any atom is 0.133 e. The van der Waals surface area contributed by atoms with Crippen LogP contribution in [0.4, 0.5) is 13.2 Å². The number of rotatable bonds is 3. The molecule has 2 N–H and O–H groups in total. The summed E-state index contributed by atoms with van der Waals surface area (Å²) in [5.41, 5.74) is 5.69. The standard InChI is InChI=1S/C13H16F3NO/c1-2-11-8(3-4-18-11)13(17)12-9(15)5-7(14)6-10(12)16/h5-6,8,11,13H,2-4,17H2,1H3. The Balaban J connectivity index is 2.31. The molecule has 2 nitrogen and oxygen atoms in total. The zero-order valence-corrected chi connectivity index (χ0v) is 10.1. The van der Waals surface area contributed by atoms with Crippen LogP contribution >= 0.6 is 0 Å². The third kappa shape index (κ3) is 2.37. The van der Waals surface area contributed by atoms with E-state index in [-0.39, 0.29) is 17.6 Å². The average molecular weight is 259 g/mol. The second kappa shape index (κ2) is 5.28. The summed E-state index contributed by atoms with van der Waals surface area (Å²) < 4.78 is 45.6. The van der Waals surface area contributed by atoms with Gasteiger partial charge in [-0.3, -0.25) is 0 Å². The molecular formula is C13H16F3NO. The van der Waals surface area contributed by atoms with Crippen molar-refractivity contribution in [2.45, 2.75) is 31.9 Å². The second-order valence-corrected chi connectivity index (χ2v) is 4.58. The number of halogens is 3. The molecule has 1 saturated heterocycles. The van der Waals surface area contributed by atoms with Crippen LogP contribution < -0.4 is 5.73 Å². The van der Waals surface area contributed by atoms with E-state index in [0.717, 1.165) is 6.42 Å². The molecule has 2 rings (SSSR count). The Bertz CT molecular complexity index is 415. The Morgan fingerprint density at radius 1 is 1.33 bits per heavy atom. The molecule has 0 aliphatic carbocycles. The topological polar surface area (TPSA) is 35.2 Å². The normalized spacial score (nSPS) is 25.4. The molecule has 1 fully saturated rings. The molecule has 0 saturated carbocycles. The van der Waals surface area contributed by atoms with Gasteiger partial charge in [-0.25, -0.2) is 13.2 Å². The first-order valence-corrected chi connectivity index (χ1v) is 6.06. The predicted molar refractivity (Wildman–Crippen MR) is 61.4 cm³/mol. The van der Waals surface area contributed by atoms with Gasteiger partial charge in [0.05, 0.1) is 6.10 Å². The fourth-order valence-corrected chi connectivity index (χ4v) is 2.58. The first-order valence-electron chi connectivity index (χ1n) is 6.06. The van der Waals surface area contributed by atoms with Gasteiger partial charge in [0.1, 0.15) is 17.5 Å². The molecule has 1 heterocycles. The van der Waals surface area contributed by atoms with Gasteiger partial charge in [-0.2, -0.15) is 0 Å². The number of hydrogen-bond donors (Lipinski definition) is 1. The zero-order valence-electron chi connectivity index (χ0n) is 10.1. The van der Waals surface area contributed by atoms with Crippen LogP contribution in [-0.2, 0) is 4.74 Å². The molecule has 18 heavy (non-hydrogen) atoms. The van der Waals surface area contributed by atoms with E-state index < -0.39 is 23.5 Å². The van der Waals surface area contributed by atoms with Crippen molar-refractivity contribution in [3.63, 3.8) is 0 Å². The van der Waals surface area contributed by atoms with Crippen LogP contribution in [0.3, 0.4) is 0 Å². The van der Waals surface area contributed by atoms with Crippen LogP contribution in [0.25, 0.3) is 0 Å². The minimum atomic E-state index is -0.935. The van der Waals surface area contributed by atoms with Crippen LogP contribution in [0.2, 0.25) is 0 Å². The number of hydrogen-bond acceptors (Lipinski definition) is 2. The Labute approximate surface area is 104 Å². The van der Waals surface area contributed by atoms with Crippen LogP contribution in [0, 0.1) is 23.4 Å². The van der Waals surface area contributed by atoms with Crippen LogP contribution in [0.15, 0.2) is 12.1 Å². The molecule has 1 aromatic carbocycles. The van der Waals surface area contributed by atoms with E-state index in [1.54, 1.807) is 0 Å². The van der Waals surface area contributed by atoms with E-state index in [4.69, 9.17) is 10.5 Å². The molecule has 0 amide bonds. The highest BCUT2D eigenvalue weighted by atomic mass is 19.1. The highest BCUT2D eigenvalue weighted by molar-refractivity contribution is 5.25. The van der Waals surface area contributed by atoms with Gasteiger partial charge in [0.2, 0.25) is 0 Å². The number of nitrogens with two attached hydrogens (primary N) is 1. The summed E-state index contributed by atoms with van der Waals surface area (Å²) in [6.45, 7) is 2.48. The van der Waals surface area contributed by atoms with Gasteiger partial charge in [-0.1, -0.05) is 6.92 Å². The van der Waals surface area contributed by atoms with E-state index >= 15 is 0 Å². The van der Waals surface area contributed by atoms with Gasteiger partial charge in [-0.15, -0.1) is 0 Å². The molecule has 1 aromatic rings. The van der Waals surface area contributed by atoms with Crippen molar-refractivity contribution in [1.29, 1.82) is 0 Å². The highest BCUT2D eigenvalue weighted by Gasteiger charge is 2.35. The van der Waals surface area contributed by atoms with Crippen molar-refractivity contribution in [2.75, 3.05) is 6.61 Å². The first kappa shape index (κ1) is 13.4. The van der Waals surface area contributed by atoms with Gasteiger partial charge < -0.3 is 10.5 Å². The minimum absolute atomic E-state index is 0.0937. The molecular weight excluding hydrogens is 243 g/mol. The van der Waals surface area contributed by atoms with Crippen molar-refractivity contribution in [2.24, 2.45) is 11.7 Å². The predicted octanol–water partition coefficient (Wildman–Crippen LogP) is 2.92. The van der Waals surface area contributed by atoms with E-state index in [0.29, 0.717) is 25.2 Å². The van der Waals surface area contributed by atoms with Crippen LogP contribution in [-0.4, -0.2) is 12.7 Å². The van der Waals surface area contributed by atoms with Crippen molar-refractivity contribution in [1.82, 2.24) is 0 Å². The number of ether oxygens (including phenoxy) is 1. The smallest absolute Gasteiger partial charge is 0.133 e. The molecule has 0 aromatic heterocycles. The molecule has 0 bridgehead atoms. The highest BCUT2D eigenvalue weighted by Crippen LogP contribution is 2.35. The molecule has 100 valence electrons. The summed E-state index contributed by atoms with van der Waals surface area (Å²) in [4.78, 5) is 0. The lowest BCUT2D eigenvalue weighted by molar-refractivity contribution is 0.0807. The molecule has 1 aliphatic heterocycles. The minimum Gasteiger partial charge on any atom is -0.378 e. The Hall–Kier alpha value is -1.07. The van der Waals surface area contributed by atoms with Crippen LogP contribution in [0.1, 0.15) is 31.4 Å². The van der Waals surface area contributed by atoms with Crippen molar-refractivity contribution in [3.8, 4) is 0 Å². The van der Waals surface area contributed by atoms with Gasteiger partial charge in [0, 0.05) is 36.3 Å². The Morgan fingerprint density at radius 2 is 1.94 bits per heavy atom. The maximum absolute atomic E-state index is 13.6. The van der Waals surface area contributed by atoms with Gasteiger partial charge in [0.25, 0.3) is 0 Å². The lowest BCUT2D eigenvalue weighted by Crippen LogP contribution is -2.29. The molecule has 3 atom stereocenters. The summed E-state index contributed by atoms with van der Waals surface area (Å²) in [7, 11) is 0. The molecule has 0 radical (unpaired) electrons. The molecule has 1 aliphatic rings. The van der Waals surface area contributed by atoms with Gasteiger partial charge in [0.15, 0.2) is 0 Å². The maximum atomic E-state index is 13.6. The Morgan fingerprint density at radius 3 is 2.50 bits per heavy atom. The summed E-state index contributed by atoms with van der Waals surface area (Å²) in [5.74, 6) is -2.93. The lowest BCUT2D eigenvalue weighted by atomic mass is 9.87. The third-order valence-corrected chi connectivity index (χ3v) is 3.50. The monoisotopic (exact) mass is 259 g/mol. The third-order valence-electron chi connectivity index (χ3n) is 3.50. The lowest BCUT2D eigenvalue weighted by Gasteiger charge is -2.24. The van der Waals surface area contributed by atoms with Crippen molar-refractivity contribution < 1.29 is 17.9 Å². The Kier molecular flexibility index (Phi) is 3.92. The largest absolute Gasteiger partial charge is 0.378 e. The zero-order chi connectivity index (χ0) is 13.3. The summed E-state index contributed by atoms with van der Waals surface area (Å²) in [6, 6.07) is 0.516. The second-order valence-electron chi connectivity index (χ2n) is 4.58. The van der Waals surface area contributed by atoms with E-state index in [2.05, 4.69) is 0 Å². The average Bonchev–Trinajstić information content (AvgIpc) is 2.75. The molecule has 3 unspecified atom stereocenters. The first-order chi connectivity index (χ1) is 8.54. The summed E-state index contributed by atoms with van der Waals surface area (Å²) in [6.07, 6.45) is 1.31. The van der Waals surface area contributed by atoms with Gasteiger partial charge in [-0.05, 0) is 12.8 Å². The van der Waals surface area contributed by atoms with E-state index in [1.807, 2.05) is 6.92 Å². The SMILES string of the molecule is CCC1OCCC1C(N)c1c(F)cc(F)cc1F. The van der Waals surface area contributed by atoms with Crippen molar-refractivity contribution in [3.05, 3.63) is 35.1 Å². The summed E-state index contributed by atoms with van der Waals surface area (Å²) >= 11 is 0. The summed E-state index contributed by atoms with van der Waals surface area (Å²) in [5, 5.41) is 0. The van der Waals surface area contributed by atoms with Crippen molar-refractivity contribution >= 4 is 0 Å². The molecule has 5 heteroatoms. The van der Waals surface area contributed by atoms with Crippen LogP contribution in [0.5, 0.6) is 0 Å². The number of benzene rings is 1. The quantitative estimate of drug-likeness (QED) is 0.905. The van der Waals surface area contributed by atoms with Gasteiger partial charge >= 0.3 is 0 Å². The fraction of sp³-hybridized carbons (Fsp3) is 0.538.